The number of ether oxygens (including phenoxy) is 3. The average Bonchev–Trinajstić information content (AvgIpc) is 3.28. The Morgan fingerprint density at radius 1 is 0.317 bits per heavy atom. The molecule has 0 N–H and O–H groups in total. The van der Waals surface area contributed by atoms with Crippen molar-refractivity contribution >= 4 is 17.9 Å². The van der Waals surface area contributed by atoms with E-state index in [-0.39, 0.29) is 31.1 Å². The molecular formula is C57H104O6. The fraction of sp³-hybridized carbons (Fsp3) is 0.842. The first kappa shape index (κ1) is 60.6. The van der Waals surface area contributed by atoms with E-state index in [0.717, 1.165) is 83.5 Å². The van der Waals surface area contributed by atoms with E-state index >= 15 is 0 Å². The third-order valence-electron chi connectivity index (χ3n) is 12.1. The minimum atomic E-state index is -0.778. The number of hydrogen-bond donors (Lipinski definition) is 0. The lowest BCUT2D eigenvalue weighted by Crippen LogP contribution is -2.30. The maximum atomic E-state index is 12.8. The SMILES string of the molecule is CCCCC/C=C\CCCCCCCC(=O)OCC(COC(=O)CCCCCCC/C=C\C=C/CCCCCCCCC)OC(=O)CCCCCCCCCCCCCCCCC. The van der Waals surface area contributed by atoms with Gasteiger partial charge in [-0.05, 0) is 70.6 Å². The molecule has 0 aromatic rings. The molecule has 1 atom stereocenters. The van der Waals surface area contributed by atoms with Crippen molar-refractivity contribution < 1.29 is 28.6 Å². The van der Waals surface area contributed by atoms with E-state index in [4.69, 9.17) is 14.2 Å². The first-order valence-electron chi connectivity index (χ1n) is 27.5. The lowest BCUT2D eigenvalue weighted by molar-refractivity contribution is -0.167. The molecule has 6 nitrogen and oxygen atoms in total. The molecule has 0 saturated carbocycles. The van der Waals surface area contributed by atoms with Gasteiger partial charge in [0.05, 0.1) is 0 Å². The molecule has 63 heavy (non-hydrogen) atoms. The van der Waals surface area contributed by atoms with Gasteiger partial charge in [-0.25, -0.2) is 0 Å². The van der Waals surface area contributed by atoms with Crippen molar-refractivity contribution in [2.75, 3.05) is 13.2 Å². The van der Waals surface area contributed by atoms with E-state index < -0.39 is 6.10 Å². The molecule has 0 amide bonds. The largest absolute Gasteiger partial charge is 0.462 e. The number of unbranched alkanes of at least 4 members (excludes halogenated alkanes) is 34. The van der Waals surface area contributed by atoms with Crippen LogP contribution < -0.4 is 0 Å². The Balaban J connectivity index is 4.36. The number of hydrogen-bond acceptors (Lipinski definition) is 6. The molecule has 0 aromatic carbocycles. The number of allylic oxidation sites excluding steroid dienone is 6. The van der Waals surface area contributed by atoms with Crippen molar-refractivity contribution in [1.29, 1.82) is 0 Å². The second-order valence-corrected chi connectivity index (χ2v) is 18.5. The van der Waals surface area contributed by atoms with Gasteiger partial charge in [-0.15, -0.1) is 0 Å². The third kappa shape index (κ3) is 50.5. The summed E-state index contributed by atoms with van der Waals surface area (Å²) >= 11 is 0. The van der Waals surface area contributed by atoms with Crippen LogP contribution in [-0.4, -0.2) is 37.2 Å². The van der Waals surface area contributed by atoms with Crippen LogP contribution in [0.3, 0.4) is 0 Å². The van der Waals surface area contributed by atoms with E-state index in [1.54, 1.807) is 0 Å². The zero-order chi connectivity index (χ0) is 45.8. The summed E-state index contributed by atoms with van der Waals surface area (Å²) in [6.07, 6.45) is 61.3. The van der Waals surface area contributed by atoms with Gasteiger partial charge in [0.15, 0.2) is 6.10 Å². The molecule has 0 aromatic heterocycles. The van der Waals surface area contributed by atoms with Gasteiger partial charge in [-0.3, -0.25) is 14.4 Å². The standard InChI is InChI=1S/C57H104O6/c1-4-7-10-13-16-19-22-25-27-28-29-31-32-35-38-41-44-47-50-56(59)62-53-54(52-61-55(58)49-46-43-40-37-34-24-21-18-15-12-9-6-3)63-57(60)51-48-45-42-39-36-33-30-26-23-20-17-14-11-8-5-2/h18,21,27-29,31,54H,4-17,19-20,22-26,30,32-53H2,1-3H3/b21-18-,28-27-,31-29-. The molecule has 0 rings (SSSR count). The molecule has 0 aliphatic rings. The van der Waals surface area contributed by atoms with E-state index in [1.165, 1.54) is 167 Å². The molecule has 0 fully saturated rings. The number of esters is 3. The molecule has 6 heteroatoms. The van der Waals surface area contributed by atoms with Gasteiger partial charge >= 0.3 is 17.9 Å². The highest BCUT2D eigenvalue weighted by molar-refractivity contribution is 5.71. The quantitative estimate of drug-likeness (QED) is 0.0199. The Labute approximate surface area is 391 Å². The second kappa shape index (κ2) is 52.3. The van der Waals surface area contributed by atoms with Crippen molar-refractivity contribution in [1.82, 2.24) is 0 Å². The van der Waals surface area contributed by atoms with Crippen LogP contribution >= 0.6 is 0 Å². The summed E-state index contributed by atoms with van der Waals surface area (Å²) in [5.41, 5.74) is 0. The van der Waals surface area contributed by atoms with Gasteiger partial charge in [0, 0.05) is 19.3 Å². The normalized spacial score (nSPS) is 12.2. The van der Waals surface area contributed by atoms with Crippen LogP contribution in [0.25, 0.3) is 0 Å². The lowest BCUT2D eigenvalue weighted by atomic mass is 10.0. The maximum absolute atomic E-state index is 12.8. The fourth-order valence-electron chi connectivity index (χ4n) is 7.96. The van der Waals surface area contributed by atoms with Gasteiger partial charge in [0.25, 0.3) is 0 Å². The van der Waals surface area contributed by atoms with Crippen molar-refractivity contribution in [3.63, 3.8) is 0 Å². The molecule has 0 aliphatic heterocycles. The molecular weight excluding hydrogens is 781 g/mol. The summed E-state index contributed by atoms with van der Waals surface area (Å²) in [4.78, 5) is 38.0. The smallest absolute Gasteiger partial charge is 0.306 e. The molecule has 0 radical (unpaired) electrons. The summed E-state index contributed by atoms with van der Waals surface area (Å²) in [6.45, 7) is 6.62. The van der Waals surface area contributed by atoms with E-state index in [9.17, 15) is 14.4 Å². The summed E-state index contributed by atoms with van der Waals surface area (Å²) in [6, 6.07) is 0. The van der Waals surface area contributed by atoms with Gasteiger partial charge in [-0.2, -0.15) is 0 Å². The molecule has 0 spiro atoms. The average molecular weight is 885 g/mol. The Hall–Kier alpha value is -2.37. The molecule has 368 valence electrons. The Kier molecular flexibility index (Phi) is 50.3. The van der Waals surface area contributed by atoms with Crippen LogP contribution in [0, 0.1) is 0 Å². The van der Waals surface area contributed by atoms with Crippen LogP contribution in [0.2, 0.25) is 0 Å². The van der Waals surface area contributed by atoms with Gasteiger partial charge in [-0.1, -0.05) is 237 Å². The molecule has 0 saturated heterocycles. The zero-order valence-corrected chi connectivity index (χ0v) is 42.1. The van der Waals surface area contributed by atoms with Crippen LogP contribution in [0.1, 0.15) is 290 Å². The zero-order valence-electron chi connectivity index (χ0n) is 42.1. The van der Waals surface area contributed by atoms with Crippen molar-refractivity contribution in [3.05, 3.63) is 36.5 Å². The highest BCUT2D eigenvalue weighted by Gasteiger charge is 2.19. The van der Waals surface area contributed by atoms with Crippen LogP contribution in [0.4, 0.5) is 0 Å². The van der Waals surface area contributed by atoms with E-state index in [0.29, 0.717) is 19.3 Å². The van der Waals surface area contributed by atoms with Crippen molar-refractivity contribution in [2.45, 2.75) is 297 Å². The number of rotatable bonds is 50. The topological polar surface area (TPSA) is 78.9 Å². The summed E-state index contributed by atoms with van der Waals surface area (Å²) < 4.78 is 16.8. The van der Waals surface area contributed by atoms with Crippen molar-refractivity contribution in [2.24, 2.45) is 0 Å². The molecule has 1 unspecified atom stereocenters. The summed E-state index contributed by atoms with van der Waals surface area (Å²) in [5.74, 6) is -0.888. The molecule has 0 bridgehead atoms. The Morgan fingerprint density at radius 3 is 0.921 bits per heavy atom. The van der Waals surface area contributed by atoms with Crippen LogP contribution in [0.15, 0.2) is 36.5 Å². The van der Waals surface area contributed by atoms with E-state index in [1.807, 2.05) is 0 Å². The Bertz CT molecular complexity index is 1060. The molecule has 0 heterocycles. The number of carbonyl (C=O) groups is 3. The third-order valence-corrected chi connectivity index (χ3v) is 12.1. The minimum absolute atomic E-state index is 0.0786. The number of carbonyl (C=O) groups excluding carboxylic acids is 3. The highest BCUT2D eigenvalue weighted by atomic mass is 16.6. The van der Waals surface area contributed by atoms with Gasteiger partial charge in [0.1, 0.15) is 13.2 Å². The summed E-state index contributed by atoms with van der Waals surface area (Å²) in [5, 5.41) is 0. The first-order valence-corrected chi connectivity index (χ1v) is 27.5. The Morgan fingerprint density at radius 2 is 0.571 bits per heavy atom. The van der Waals surface area contributed by atoms with Crippen LogP contribution in [0.5, 0.6) is 0 Å². The van der Waals surface area contributed by atoms with Crippen molar-refractivity contribution in [3.8, 4) is 0 Å². The monoisotopic (exact) mass is 885 g/mol. The summed E-state index contributed by atoms with van der Waals surface area (Å²) in [7, 11) is 0. The predicted octanol–water partition coefficient (Wildman–Crippen LogP) is 18.1. The predicted molar refractivity (Wildman–Crippen MR) is 270 cm³/mol. The fourth-order valence-corrected chi connectivity index (χ4v) is 7.96. The van der Waals surface area contributed by atoms with Gasteiger partial charge in [0.2, 0.25) is 0 Å². The first-order chi connectivity index (χ1) is 31.0. The van der Waals surface area contributed by atoms with Gasteiger partial charge < -0.3 is 14.2 Å². The second-order valence-electron chi connectivity index (χ2n) is 18.5. The lowest BCUT2D eigenvalue weighted by Gasteiger charge is -2.18. The van der Waals surface area contributed by atoms with Crippen LogP contribution in [-0.2, 0) is 28.6 Å². The molecule has 0 aliphatic carbocycles. The maximum Gasteiger partial charge on any atom is 0.306 e. The van der Waals surface area contributed by atoms with E-state index in [2.05, 4.69) is 57.2 Å². The highest BCUT2D eigenvalue weighted by Crippen LogP contribution is 2.16. The minimum Gasteiger partial charge on any atom is -0.462 e.